The summed E-state index contributed by atoms with van der Waals surface area (Å²) in [7, 11) is -3.24. The maximum atomic E-state index is 11.9. The summed E-state index contributed by atoms with van der Waals surface area (Å²) in [6.07, 6.45) is 0.673. The predicted molar refractivity (Wildman–Crippen MR) is 80.7 cm³/mol. The van der Waals surface area contributed by atoms with Crippen LogP contribution in [0.1, 0.15) is 32.8 Å². The molecule has 0 spiro atoms. The third-order valence-corrected chi connectivity index (χ3v) is 4.06. The number of nitrogens with one attached hydrogen (secondary N) is 2. The zero-order valence-corrected chi connectivity index (χ0v) is 12.8. The average Bonchev–Trinajstić information content (AvgIpc) is 2.34. The summed E-state index contributed by atoms with van der Waals surface area (Å²) < 4.78 is 26.4. The zero-order valence-electron chi connectivity index (χ0n) is 11.9. The standard InChI is InChI=1S/C14H24N2O2S/c1-4-15-11-13-6-5-7-14(10-13)16-19(17,18)9-8-12(2)3/h5-7,10,12,15-16H,4,8-9,11H2,1-3H3. The second-order valence-electron chi connectivity index (χ2n) is 5.08. The maximum Gasteiger partial charge on any atom is 0.232 e. The summed E-state index contributed by atoms with van der Waals surface area (Å²) >= 11 is 0. The van der Waals surface area contributed by atoms with E-state index in [0.717, 1.165) is 18.7 Å². The highest BCUT2D eigenvalue weighted by Crippen LogP contribution is 2.13. The van der Waals surface area contributed by atoms with Gasteiger partial charge in [-0.15, -0.1) is 0 Å². The highest BCUT2D eigenvalue weighted by molar-refractivity contribution is 7.92. The highest BCUT2D eigenvalue weighted by Gasteiger charge is 2.11. The molecule has 1 aromatic carbocycles. The molecule has 0 aromatic heterocycles. The molecule has 0 bridgehead atoms. The first-order chi connectivity index (χ1) is 8.93. The van der Waals surface area contributed by atoms with E-state index >= 15 is 0 Å². The molecule has 0 heterocycles. The Hall–Kier alpha value is -1.07. The van der Waals surface area contributed by atoms with Crippen molar-refractivity contribution in [2.75, 3.05) is 17.0 Å². The van der Waals surface area contributed by atoms with E-state index in [2.05, 4.69) is 10.0 Å². The topological polar surface area (TPSA) is 58.2 Å². The van der Waals surface area contributed by atoms with Crippen LogP contribution in [0, 0.1) is 5.92 Å². The fraction of sp³-hybridized carbons (Fsp3) is 0.571. The van der Waals surface area contributed by atoms with Crippen LogP contribution >= 0.6 is 0 Å². The van der Waals surface area contributed by atoms with Crippen LogP contribution in [-0.4, -0.2) is 20.7 Å². The molecule has 5 heteroatoms. The predicted octanol–water partition coefficient (Wildman–Crippen LogP) is 2.58. The van der Waals surface area contributed by atoms with E-state index in [1.165, 1.54) is 0 Å². The van der Waals surface area contributed by atoms with Crippen LogP contribution in [0.15, 0.2) is 24.3 Å². The minimum absolute atomic E-state index is 0.169. The smallest absolute Gasteiger partial charge is 0.232 e. The van der Waals surface area contributed by atoms with Crippen molar-refractivity contribution in [3.8, 4) is 0 Å². The molecule has 0 saturated carbocycles. The lowest BCUT2D eigenvalue weighted by atomic mass is 10.2. The van der Waals surface area contributed by atoms with Gasteiger partial charge in [0, 0.05) is 12.2 Å². The van der Waals surface area contributed by atoms with Gasteiger partial charge in [0.15, 0.2) is 0 Å². The summed E-state index contributed by atoms with van der Waals surface area (Å²) in [5, 5.41) is 3.22. The van der Waals surface area contributed by atoms with Crippen molar-refractivity contribution in [2.45, 2.75) is 33.7 Å². The quantitative estimate of drug-likeness (QED) is 0.771. The molecule has 1 aromatic rings. The van der Waals surface area contributed by atoms with Gasteiger partial charge in [-0.1, -0.05) is 32.9 Å². The molecule has 0 radical (unpaired) electrons. The Bertz CT molecular complexity index is 484. The monoisotopic (exact) mass is 284 g/mol. The van der Waals surface area contributed by atoms with Gasteiger partial charge in [-0.2, -0.15) is 0 Å². The van der Waals surface area contributed by atoms with E-state index < -0.39 is 10.0 Å². The second-order valence-corrected chi connectivity index (χ2v) is 6.93. The van der Waals surface area contributed by atoms with Crippen LogP contribution in [0.2, 0.25) is 0 Å². The summed E-state index contributed by atoms with van der Waals surface area (Å²) in [5.41, 5.74) is 1.71. The van der Waals surface area contributed by atoms with Gasteiger partial charge in [0.2, 0.25) is 10.0 Å². The maximum absolute atomic E-state index is 11.9. The minimum atomic E-state index is -3.24. The molecule has 0 fully saturated rings. The van der Waals surface area contributed by atoms with Gasteiger partial charge in [0.1, 0.15) is 0 Å². The molecule has 0 amide bonds. The fourth-order valence-corrected chi connectivity index (χ4v) is 3.01. The Labute approximate surface area is 116 Å². The Morgan fingerprint density at radius 3 is 2.63 bits per heavy atom. The normalized spacial score (nSPS) is 11.8. The van der Waals surface area contributed by atoms with Gasteiger partial charge < -0.3 is 5.32 Å². The Kier molecular flexibility index (Phi) is 6.31. The van der Waals surface area contributed by atoms with Gasteiger partial charge in [-0.25, -0.2) is 8.42 Å². The summed E-state index contributed by atoms with van der Waals surface area (Å²) in [6.45, 7) is 7.72. The number of hydrogen-bond donors (Lipinski definition) is 2. The summed E-state index contributed by atoms with van der Waals surface area (Å²) in [6, 6.07) is 7.50. The lowest BCUT2D eigenvalue weighted by Gasteiger charge is -2.10. The number of hydrogen-bond acceptors (Lipinski definition) is 3. The number of anilines is 1. The van der Waals surface area contributed by atoms with Gasteiger partial charge in [0.25, 0.3) is 0 Å². The van der Waals surface area contributed by atoms with Crippen LogP contribution in [-0.2, 0) is 16.6 Å². The lowest BCUT2D eigenvalue weighted by Crippen LogP contribution is -2.18. The molecule has 0 saturated heterocycles. The molecule has 108 valence electrons. The summed E-state index contributed by atoms with van der Waals surface area (Å²) in [4.78, 5) is 0. The largest absolute Gasteiger partial charge is 0.313 e. The fourth-order valence-electron chi connectivity index (χ4n) is 1.64. The third-order valence-electron chi connectivity index (χ3n) is 2.74. The zero-order chi connectivity index (χ0) is 14.3. The van der Waals surface area contributed by atoms with E-state index in [9.17, 15) is 8.42 Å². The summed E-state index contributed by atoms with van der Waals surface area (Å²) in [5.74, 6) is 0.555. The SMILES string of the molecule is CCNCc1cccc(NS(=O)(=O)CCC(C)C)c1. The van der Waals surface area contributed by atoms with Crippen LogP contribution in [0.25, 0.3) is 0 Å². The first-order valence-electron chi connectivity index (χ1n) is 6.73. The van der Waals surface area contributed by atoms with Crippen LogP contribution in [0.4, 0.5) is 5.69 Å². The number of benzene rings is 1. The number of rotatable bonds is 8. The van der Waals surface area contributed by atoms with Crippen molar-refractivity contribution in [1.82, 2.24) is 5.32 Å². The second kappa shape index (κ2) is 7.50. The molecule has 19 heavy (non-hydrogen) atoms. The molecular formula is C14H24N2O2S. The molecule has 0 atom stereocenters. The van der Waals surface area contributed by atoms with Crippen LogP contribution in [0.5, 0.6) is 0 Å². The van der Waals surface area contributed by atoms with Crippen molar-refractivity contribution in [2.24, 2.45) is 5.92 Å². The van der Waals surface area contributed by atoms with Crippen molar-refractivity contribution < 1.29 is 8.42 Å². The Morgan fingerprint density at radius 1 is 1.26 bits per heavy atom. The highest BCUT2D eigenvalue weighted by atomic mass is 32.2. The minimum Gasteiger partial charge on any atom is -0.313 e. The van der Waals surface area contributed by atoms with Crippen LogP contribution < -0.4 is 10.0 Å². The Morgan fingerprint density at radius 2 is 2.00 bits per heavy atom. The number of sulfonamides is 1. The first kappa shape index (κ1) is 16.0. The molecule has 0 unspecified atom stereocenters. The molecule has 0 aliphatic carbocycles. The van der Waals surface area contributed by atoms with Gasteiger partial charge in [-0.05, 0) is 36.6 Å². The lowest BCUT2D eigenvalue weighted by molar-refractivity contribution is 0.578. The van der Waals surface area contributed by atoms with Crippen LogP contribution in [0.3, 0.4) is 0 Å². The van der Waals surface area contributed by atoms with E-state index in [0.29, 0.717) is 18.0 Å². The molecule has 0 aliphatic heterocycles. The van der Waals surface area contributed by atoms with Gasteiger partial charge in [0.05, 0.1) is 5.75 Å². The molecule has 2 N–H and O–H groups in total. The molecule has 4 nitrogen and oxygen atoms in total. The third kappa shape index (κ3) is 6.59. The Balaban J connectivity index is 2.65. The van der Waals surface area contributed by atoms with Gasteiger partial charge in [-0.3, -0.25) is 4.72 Å². The van der Waals surface area contributed by atoms with Crippen molar-refractivity contribution in [1.29, 1.82) is 0 Å². The van der Waals surface area contributed by atoms with E-state index in [4.69, 9.17) is 0 Å². The van der Waals surface area contributed by atoms with Crippen molar-refractivity contribution in [3.05, 3.63) is 29.8 Å². The van der Waals surface area contributed by atoms with E-state index in [1.54, 1.807) is 6.07 Å². The molecule has 1 rings (SSSR count). The van der Waals surface area contributed by atoms with Crippen molar-refractivity contribution in [3.63, 3.8) is 0 Å². The van der Waals surface area contributed by atoms with E-state index in [-0.39, 0.29) is 5.75 Å². The first-order valence-corrected chi connectivity index (χ1v) is 8.38. The van der Waals surface area contributed by atoms with Crippen molar-refractivity contribution >= 4 is 15.7 Å². The molecular weight excluding hydrogens is 260 g/mol. The van der Waals surface area contributed by atoms with Gasteiger partial charge >= 0.3 is 0 Å². The average molecular weight is 284 g/mol. The molecule has 0 aliphatic rings. The van der Waals surface area contributed by atoms with E-state index in [1.807, 2.05) is 39.0 Å².